The zero-order chi connectivity index (χ0) is 13.9. The van der Waals surface area contributed by atoms with Gasteiger partial charge in [0.05, 0.1) is 30.2 Å². The van der Waals surface area contributed by atoms with Crippen molar-refractivity contribution in [1.29, 1.82) is 0 Å². The lowest BCUT2D eigenvalue weighted by molar-refractivity contribution is 0.0537. The van der Waals surface area contributed by atoms with Crippen LogP contribution in [-0.4, -0.2) is 19.6 Å². The van der Waals surface area contributed by atoms with Gasteiger partial charge in [-0.25, -0.2) is 4.68 Å². The molecule has 0 radical (unpaired) electrons. The lowest BCUT2D eigenvalue weighted by atomic mass is 10.3. The molecule has 1 fully saturated rings. The third kappa shape index (κ3) is 3.53. The maximum Gasteiger partial charge on any atom is 0.333 e. The fourth-order valence-corrected chi connectivity index (χ4v) is 2.65. The average molecular weight is 318 g/mol. The van der Waals surface area contributed by atoms with Crippen LogP contribution in [0.15, 0.2) is 24.7 Å². The van der Waals surface area contributed by atoms with Crippen molar-refractivity contribution in [2.24, 2.45) is 0 Å². The number of halogens is 3. The molecule has 0 spiro atoms. The van der Waals surface area contributed by atoms with E-state index in [0.717, 1.165) is 5.69 Å². The summed E-state index contributed by atoms with van der Waals surface area (Å²) in [5.41, 5.74) is 1.30. The van der Waals surface area contributed by atoms with Crippen LogP contribution in [0.4, 0.5) is 14.5 Å². The molecule has 0 aromatic carbocycles. The zero-order valence-corrected chi connectivity index (χ0v) is 12.3. The van der Waals surface area contributed by atoms with E-state index in [4.69, 9.17) is 0 Å². The highest BCUT2D eigenvalue weighted by Crippen LogP contribution is 2.29. The normalized spacial score (nSPS) is 15.4. The van der Waals surface area contributed by atoms with Crippen LogP contribution < -0.4 is 5.32 Å². The van der Waals surface area contributed by atoms with Gasteiger partial charge >= 0.3 is 6.55 Å². The summed E-state index contributed by atoms with van der Waals surface area (Å²) >= 11 is 0. The molecule has 0 bridgehead atoms. The number of aromatic nitrogens is 4. The molecule has 8 heteroatoms. The summed E-state index contributed by atoms with van der Waals surface area (Å²) in [5.74, 6) is 0. The van der Waals surface area contributed by atoms with Crippen molar-refractivity contribution in [3.8, 4) is 0 Å². The van der Waals surface area contributed by atoms with E-state index in [0.29, 0.717) is 23.0 Å². The Balaban J connectivity index is 0.00000161. The van der Waals surface area contributed by atoms with E-state index < -0.39 is 6.55 Å². The molecule has 0 atom stereocenters. The number of nitrogens with one attached hydrogen (secondary N) is 1. The minimum absolute atomic E-state index is 0. The monoisotopic (exact) mass is 317 g/mol. The van der Waals surface area contributed by atoms with Gasteiger partial charge in [0, 0.05) is 12.4 Å². The van der Waals surface area contributed by atoms with Gasteiger partial charge in [-0.1, -0.05) is 12.8 Å². The van der Waals surface area contributed by atoms with E-state index in [9.17, 15) is 8.78 Å². The molecular weight excluding hydrogens is 300 g/mol. The van der Waals surface area contributed by atoms with Gasteiger partial charge in [0.1, 0.15) is 0 Å². The highest BCUT2D eigenvalue weighted by Gasteiger charge is 2.17. The average Bonchev–Trinajstić information content (AvgIpc) is 3.16. The van der Waals surface area contributed by atoms with Crippen molar-refractivity contribution < 1.29 is 8.78 Å². The minimum atomic E-state index is -2.61. The van der Waals surface area contributed by atoms with Crippen molar-refractivity contribution >= 4 is 18.1 Å². The summed E-state index contributed by atoms with van der Waals surface area (Å²) in [6.07, 6.45) is 9.89. The molecule has 1 aliphatic carbocycles. The molecule has 0 amide bonds. The Morgan fingerprint density at radius 3 is 2.76 bits per heavy atom. The molecule has 116 valence electrons. The summed E-state index contributed by atoms with van der Waals surface area (Å²) in [5, 5.41) is 11.0. The number of hydrogen-bond acceptors (Lipinski definition) is 3. The van der Waals surface area contributed by atoms with E-state index in [1.165, 1.54) is 31.9 Å². The van der Waals surface area contributed by atoms with Crippen LogP contribution in [0.5, 0.6) is 0 Å². The van der Waals surface area contributed by atoms with Crippen LogP contribution in [0.25, 0.3) is 0 Å². The molecule has 1 aliphatic rings. The highest BCUT2D eigenvalue weighted by atomic mass is 35.5. The second kappa shape index (κ2) is 6.89. The summed E-state index contributed by atoms with van der Waals surface area (Å²) in [4.78, 5) is 0. The molecule has 1 saturated carbocycles. The molecular formula is C13H18ClF2N5. The Labute approximate surface area is 127 Å². The maximum atomic E-state index is 12.7. The molecule has 21 heavy (non-hydrogen) atoms. The number of hydrogen-bond donors (Lipinski definition) is 1. The third-order valence-corrected chi connectivity index (χ3v) is 3.71. The minimum Gasteiger partial charge on any atom is -0.377 e. The van der Waals surface area contributed by atoms with Crippen molar-refractivity contribution in [2.75, 3.05) is 5.32 Å². The second-order valence-corrected chi connectivity index (χ2v) is 5.05. The summed E-state index contributed by atoms with van der Waals surface area (Å²) in [6.45, 7) is -2.30. The van der Waals surface area contributed by atoms with Gasteiger partial charge in [-0.05, 0) is 18.9 Å². The largest absolute Gasteiger partial charge is 0.377 e. The predicted octanol–water partition coefficient (Wildman–Crippen LogP) is 3.62. The van der Waals surface area contributed by atoms with Gasteiger partial charge in [0.25, 0.3) is 0 Å². The van der Waals surface area contributed by atoms with Gasteiger partial charge in [0.2, 0.25) is 0 Å². The molecule has 0 saturated heterocycles. The Morgan fingerprint density at radius 2 is 2.05 bits per heavy atom. The van der Waals surface area contributed by atoms with Crippen molar-refractivity contribution in [3.63, 3.8) is 0 Å². The molecule has 3 rings (SSSR count). The van der Waals surface area contributed by atoms with Crippen LogP contribution in [0.2, 0.25) is 0 Å². The molecule has 1 N–H and O–H groups in total. The lowest BCUT2D eigenvalue weighted by Gasteiger charge is -2.09. The quantitative estimate of drug-likeness (QED) is 0.916. The Hall–Kier alpha value is -1.63. The van der Waals surface area contributed by atoms with E-state index >= 15 is 0 Å². The van der Waals surface area contributed by atoms with Gasteiger partial charge in [0.15, 0.2) is 0 Å². The van der Waals surface area contributed by atoms with Gasteiger partial charge < -0.3 is 5.32 Å². The molecule has 0 unspecified atom stereocenters. The first-order chi connectivity index (χ1) is 9.74. The molecule has 2 aromatic rings. The SMILES string of the molecule is Cl.FC(F)n1nccc1CNc1cnn(C2CCCC2)c1. The summed E-state index contributed by atoms with van der Waals surface area (Å²) < 4.78 is 28.0. The lowest BCUT2D eigenvalue weighted by Crippen LogP contribution is -2.09. The standard InChI is InChI=1S/C13H17F2N5.ClH/c14-13(15)20-12(5-6-17-20)8-16-10-7-18-19(9-10)11-3-1-2-4-11;/h5-7,9,11,13,16H,1-4,8H2;1H. The fourth-order valence-electron chi connectivity index (χ4n) is 2.65. The predicted molar refractivity (Wildman–Crippen MR) is 77.8 cm³/mol. The Kier molecular flexibility index (Phi) is 5.17. The fraction of sp³-hybridized carbons (Fsp3) is 0.538. The van der Waals surface area contributed by atoms with E-state index in [-0.39, 0.29) is 12.4 Å². The van der Waals surface area contributed by atoms with Gasteiger partial charge in [-0.2, -0.15) is 19.0 Å². The molecule has 2 heterocycles. The van der Waals surface area contributed by atoms with Crippen molar-refractivity contribution in [3.05, 3.63) is 30.4 Å². The third-order valence-electron chi connectivity index (χ3n) is 3.71. The Bertz CT molecular complexity index is 562. The van der Waals surface area contributed by atoms with Crippen LogP contribution >= 0.6 is 12.4 Å². The summed E-state index contributed by atoms with van der Waals surface area (Å²) in [7, 11) is 0. The summed E-state index contributed by atoms with van der Waals surface area (Å²) in [6, 6.07) is 2.07. The van der Waals surface area contributed by atoms with Crippen molar-refractivity contribution in [2.45, 2.75) is 44.8 Å². The van der Waals surface area contributed by atoms with Gasteiger partial charge in [-0.15, -0.1) is 12.4 Å². The van der Waals surface area contributed by atoms with Crippen LogP contribution in [0, 0.1) is 0 Å². The maximum absolute atomic E-state index is 12.7. The highest BCUT2D eigenvalue weighted by molar-refractivity contribution is 5.85. The molecule has 0 aliphatic heterocycles. The molecule has 5 nitrogen and oxygen atoms in total. The second-order valence-electron chi connectivity index (χ2n) is 5.05. The number of rotatable bonds is 5. The first-order valence-corrected chi connectivity index (χ1v) is 6.82. The van der Waals surface area contributed by atoms with E-state index in [2.05, 4.69) is 15.5 Å². The number of alkyl halides is 2. The topological polar surface area (TPSA) is 47.7 Å². The first-order valence-electron chi connectivity index (χ1n) is 6.82. The Morgan fingerprint density at radius 1 is 1.29 bits per heavy atom. The zero-order valence-electron chi connectivity index (χ0n) is 11.5. The molecule has 2 aromatic heterocycles. The van der Waals surface area contributed by atoms with Crippen LogP contribution in [-0.2, 0) is 6.54 Å². The van der Waals surface area contributed by atoms with Gasteiger partial charge in [-0.3, -0.25) is 4.68 Å². The first kappa shape index (κ1) is 15.8. The van der Waals surface area contributed by atoms with E-state index in [1.807, 2.05) is 10.9 Å². The smallest absolute Gasteiger partial charge is 0.333 e. The van der Waals surface area contributed by atoms with Crippen LogP contribution in [0.1, 0.15) is 44.0 Å². The number of anilines is 1. The van der Waals surface area contributed by atoms with E-state index in [1.54, 1.807) is 12.3 Å². The van der Waals surface area contributed by atoms with Crippen LogP contribution in [0.3, 0.4) is 0 Å². The number of nitrogens with zero attached hydrogens (tertiary/aromatic N) is 4. The van der Waals surface area contributed by atoms with Crippen molar-refractivity contribution in [1.82, 2.24) is 19.6 Å².